The molecule has 0 bridgehead atoms. The predicted molar refractivity (Wildman–Crippen MR) is 127 cm³/mol. The van der Waals surface area contributed by atoms with Crippen molar-refractivity contribution in [1.29, 1.82) is 5.41 Å². The number of rotatable bonds is 5. The van der Waals surface area contributed by atoms with E-state index in [1.54, 1.807) is 0 Å². The highest BCUT2D eigenvalue weighted by molar-refractivity contribution is 6.53. The van der Waals surface area contributed by atoms with E-state index in [-0.39, 0.29) is 5.56 Å². The first-order valence-electron chi connectivity index (χ1n) is 10.8. The van der Waals surface area contributed by atoms with Gasteiger partial charge in [0.1, 0.15) is 17.0 Å². The molecule has 5 rings (SSSR count). The first-order valence-corrected chi connectivity index (χ1v) is 10.8. The molecule has 0 aromatic heterocycles. The summed E-state index contributed by atoms with van der Waals surface area (Å²) < 4.78 is 42.6. The number of anilines is 1. The minimum Gasteiger partial charge on any atom is -0.406 e. The van der Waals surface area contributed by atoms with Crippen LogP contribution in [-0.4, -0.2) is 18.0 Å². The van der Waals surface area contributed by atoms with Crippen LogP contribution in [0.1, 0.15) is 22.3 Å². The fraction of sp³-hybridized carbons (Fsp3) is 0.0714. The van der Waals surface area contributed by atoms with Gasteiger partial charge < -0.3 is 4.74 Å². The van der Waals surface area contributed by atoms with Crippen molar-refractivity contribution in [2.75, 3.05) is 4.90 Å². The number of hydrogen-bond acceptors (Lipinski definition) is 3. The maximum atomic E-state index is 13.8. The standard InChI is InChI=1S/C28H19F3N2O2/c29-28(30,31)35-22-16-17-24-23(18-22)25(32)26(34)33(24)27(19-10-4-1-5-11-19,20-12-6-2-7-13-20)21-14-8-3-9-15-21/h1-18,32H. The number of benzene rings is 4. The lowest BCUT2D eigenvalue weighted by Crippen LogP contribution is -2.51. The van der Waals surface area contributed by atoms with Crippen LogP contribution in [0, 0.1) is 5.41 Å². The Morgan fingerprint density at radius 2 is 1.14 bits per heavy atom. The third kappa shape index (κ3) is 3.75. The zero-order chi connectivity index (χ0) is 24.6. The molecule has 0 saturated heterocycles. The smallest absolute Gasteiger partial charge is 0.406 e. The minimum atomic E-state index is -4.89. The molecule has 4 aromatic rings. The van der Waals surface area contributed by atoms with Crippen LogP contribution in [0.4, 0.5) is 18.9 Å². The van der Waals surface area contributed by atoms with Gasteiger partial charge in [0.2, 0.25) is 0 Å². The van der Waals surface area contributed by atoms with E-state index in [2.05, 4.69) is 4.74 Å². The van der Waals surface area contributed by atoms with E-state index >= 15 is 0 Å². The predicted octanol–water partition coefficient (Wildman–Crippen LogP) is 6.29. The Kier molecular flexibility index (Phi) is 5.40. The number of ether oxygens (including phenoxy) is 1. The number of carbonyl (C=O) groups excluding carboxylic acids is 1. The lowest BCUT2D eigenvalue weighted by Gasteiger charge is -2.43. The summed E-state index contributed by atoms with van der Waals surface area (Å²) in [5.74, 6) is -1.11. The van der Waals surface area contributed by atoms with Crippen molar-refractivity contribution in [1.82, 2.24) is 0 Å². The quantitative estimate of drug-likeness (QED) is 0.347. The molecule has 0 unspecified atom stereocenters. The van der Waals surface area contributed by atoms with Gasteiger partial charge in [0.25, 0.3) is 5.91 Å². The molecule has 35 heavy (non-hydrogen) atoms. The second-order valence-corrected chi connectivity index (χ2v) is 8.05. The summed E-state index contributed by atoms with van der Waals surface area (Å²) in [4.78, 5) is 15.3. The Morgan fingerprint density at radius 1 is 0.686 bits per heavy atom. The number of halogens is 3. The highest BCUT2D eigenvalue weighted by atomic mass is 19.4. The number of carbonyl (C=O) groups is 1. The van der Waals surface area contributed by atoms with Crippen molar-refractivity contribution in [3.8, 4) is 5.75 Å². The molecule has 0 aliphatic carbocycles. The monoisotopic (exact) mass is 472 g/mol. The number of fused-ring (bicyclic) bond motifs is 1. The van der Waals surface area contributed by atoms with Crippen molar-refractivity contribution in [3.63, 3.8) is 0 Å². The zero-order valence-electron chi connectivity index (χ0n) is 18.3. The van der Waals surface area contributed by atoms with Crippen LogP contribution in [0.5, 0.6) is 5.75 Å². The molecule has 174 valence electrons. The minimum absolute atomic E-state index is 0.0731. The van der Waals surface area contributed by atoms with Gasteiger partial charge in [-0.2, -0.15) is 0 Å². The molecule has 1 aliphatic rings. The van der Waals surface area contributed by atoms with Gasteiger partial charge in [-0.05, 0) is 34.9 Å². The second-order valence-electron chi connectivity index (χ2n) is 8.05. The van der Waals surface area contributed by atoms with Crippen molar-refractivity contribution in [2.24, 2.45) is 0 Å². The van der Waals surface area contributed by atoms with E-state index in [1.165, 1.54) is 11.0 Å². The largest absolute Gasteiger partial charge is 0.573 e. The summed E-state index contributed by atoms with van der Waals surface area (Å²) in [6, 6.07) is 31.8. The van der Waals surface area contributed by atoms with Gasteiger partial charge in [0, 0.05) is 5.56 Å². The Hall–Kier alpha value is -4.39. The average Bonchev–Trinajstić information content (AvgIpc) is 3.11. The van der Waals surface area contributed by atoms with Crippen LogP contribution in [0.25, 0.3) is 0 Å². The van der Waals surface area contributed by atoms with Crippen LogP contribution in [0.15, 0.2) is 109 Å². The molecule has 0 saturated carbocycles. The first-order chi connectivity index (χ1) is 16.8. The molecule has 4 aromatic carbocycles. The molecular formula is C28H19F3N2O2. The van der Waals surface area contributed by atoms with Crippen molar-refractivity contribution >= 4 is 17.3 Å². The van der Waals surface area contributed by atoms with Gasteiger partial charge in [-0.3, -0.25) is 15.1 Å². The van der Waals surface area contributed by atoms with Crippen LogP contribution in [-0.2, 0) is 10.3 Å². The Balaban J connectivity index is 1.83. The molecule has 0 fully saturated rings. The summed E-state index contributed by atoms with van der Waals surface area (Å²) in [6.45, 7) is 0. The van der Waals surface area contributed by atoms with Crippen molar-refractivity contribution in [3.05, 3.63) is 131 Å². The fourth-order valence-corrected chi connectivity index (χ4v) is 4.70. The van der Waals surface area contributed by atoms with Gasteiger partial charge in [-0.25, -0.2) is 0 Å². The summed E-state index contributed by atoms with van der Waals surface area (Å²) in [5.41, 5.74) is 1.10. The van der Waals surface area contributed by atoms with Crippen LogP contribution in [0.3, 0.4) is 0 Å². The Labute approximate surface area is 199 Å². The summed E-state index contributed by atoms with van der Waals surface area (Å²) in [7, 11) is 0. The third-order valence-electron chi connectivity index (χ3n) is 6.04. The second kappa shape index (κ2) is 8.43. The van der Waals surface area contributed by atoms with E-state index < -0.39 is 29.3 Å². The van der Waals surface area contributed by atoms with E-state index in [0.717, 1.165) is 28.8 Å². The van der Waals surface area contributed by atoms with Crippen molar-refractivity contribution in [2.45, 2.75) is 11.9 Å². The molecule has 0 atom stereocenters. The molecular weight excluding hydrogens is 453 g/mol. The molecule has 7 heteroatoms. The van der Waals surface area contributed by atoms with Crippen LogP contribution in [0.2, 0.25) is 0 Å². The first kappa shape index (κ1) is 22.4. The maximum Gasteiger partial charge on any atom is 0.573 e. The van der Waals surface area contributed by atoms with Gasteiger partial charge in [-0.1, -0.05) is 91.0 Å². The fourth-order valence-electron chi connectivity index (χ4n) is 4.70. The third-order valence-corrected chi connectivity index (χ3v) is 6.04. The Bertz CT molecular complexity index is 1290. The molecule has 0 spiro atoms. The maximum absolute atomic E-state index is 13.8. The van der Waals surface area contributed by atoms with Gasteiger partial charge in [0.15, 0.2) is 0 Å². The number of hydrogen-bond donors (Lipinski definition) is 1. The zero-order valence-corrected chi connectivity index (χ0v) is 18.3. The van der Waals surface area contributed by atoms with E-state index in [9.17, 15) is 18.0 Å². The van der Waals surface area contributed by atoms with Crippen molar-refractivity contribution < 1.29 is 22.7 Å². The highest BCUT2D eigenvalue weighted by Crippen LogP contribution is 2.48. The number of nitrogens with zero attached hydrogens (tertiary/aromatic N) is 1. The lowest BCUT2D eigenvalue weighted by atomic mass is 9.75. The van der Waals surface area contributed by atoms with E-state index in [4.69, 9.17) is 5.41 Å². The number of amides is 1. The summed E-state index contributed by atoms with van der Waals surface area (Å²) >= 11 is 0. The van der Waals surface area contributed by atoms with Crippen LogP contribution >= 0.6 is 0 Å². The number of alkyl halides is 3. The highest BCUT2D eigenvalue weighted by Gasteiger charge is 2.50. The molecule has 1 aliphatic heterocycles. The molecule has 1 amide bonds. The van der Waals surface area contributed by atoms with Gasteiger partial charge in [-0.15, -0.1) is 13.2 Å². The molecule has 1 N–H and O–H groups in total. The lowest BCUT2D eigenvalue weighted by molar-refractivity contribution is -0.274. The molecule has 4 nitrogen and oxygen atoms in total. The van der Waals surface area contributed by atoms with Gasteiger partial charge >= 0.3 is 6.36 Å². The number of nitrogens with one attached hydrogen (secondary N) is 1. The van der Waals surface area contributed by atoms with Crippen LogP contribution < -0.4 is 9.64 Å². The molecule has 1 heterocycles. The van der Waals surface area contributed by atoms with Gasteiger partial charge in [0.05, 0.1) is 5.69 Å². The summed E-state index contributed by atoms with van der Waals surface area (Å²) in [5, 5.41) is 8.53. The Morgan fingerprint density at radius 3 is 1.57 bits per heavy atom. The van der Waals surface area contributed by atoms with E-state index in [0.29, 0.717) is 5.69 Å². The topological polar surface area (TPSA) is 53.4 Å². The molecule has 0 radical (unpaired) electrons. The normalized spacial score (nSPS) is 13.6. The average molecular weight is 472 g/mol. The van der Waals surface area contributed by atoms with E-state index in [1.807, 2.05) is 91.0 Å². The SMILES string of the molecule is N=C1C(=O)N(C(c2ccccc2)(c2ccccc2)c2ccccc2)c2ccc(OC(F)(F)F)cc21. The summed E-state index contributed by atoms with van der Waals surface area (Å²) in [6.07, 6.45) is -4.89.